The van der Waals surface area contributed by atoms with Gasteiger partial charge < -0.3 is 11.1 Å². The van der Waals surface area contributed by atoms with Crippen molar-refractivity contribution in [3.63, 3.8) is 0 Å². The molecule has 0 aromatic rings. The summed E-state index contributed by atoms with van der Waals surface area (Å²) in [6, 6.07) is 0.798. The van der Waals surface area contributed by atoms with Crippen molar-refractivity contribution in [3.05, 3.63) is 0 Å². The molecule has 2 unspecified atom stereocenters. The molecule has 0 aliphatic heterocycles. The van der Waals surface area contributed by atoms with E-state index in [-0.39, 0.29) is 18.3 Å². The number of fused-ring (bicyclic) bond motifs is 2. The minimum atomic E-state index is 0. The topological polar surface area (TPSA) is 55.1 Å². The average molecular weight is 329 g/mol. The summed E-state index contributed by atoms with van der Waals surface area (Å²) in [5.41, 5.74) is 6.19. The summed E-state index contributed by atoms with van der Waals surface area (Å²) in [6.45, 7) is 0. The molecule has 0 saturated heterocycles. The van der Waals surface area contributed by atoms with E-state index in [2.05, 4.69) is 5.32 Å². The summed E-state index contributed by atoms with van der Waals surface area (Å²) in [7, 11) is 0. The average Bonchev–Trinajstić information content (AvgIpc) is 2.39. The maximum atomic E-state index is 12.7. The number of nitrogens with two attached hydrogens (primary N) is 1. The van der Waals surface area contributed by atoms with E-state index in [1.54, 1.807) is 0 Å². The summed E-state index contributed by atoms with van der Waals surface area (Å²) in [5, 5.41) is 3.46. The van der Waals surface area contributed by atoms with Crippen LogP contribution in [-0.4, -0.2) is 18.0 Å². The van der Waals surface area contributed by atoms with Crippen LogP contribution in [0, 0.1) is 17.8 Å². The third kappa shape index (κ3) is 4.38. The highest BCUT2D eigenvalue weighted by molar-refractivity contribution is 5.85. The monoisotopic (exact) mass is 328 g/mol. The molecule has 3 saturated carbocycles. The van der Waals surface area contributed by atoms with E-state index in [1.165, 1.54) is 51.4 Å². The number of carbonyl (C=O) groups excluding carboxylic acids is 1. The van der Waals surface area contributed by atoms with E-state index in [0.29, 0.717) is 29.8 Å². The molecule has 3 N–H and O–H groups in total. The first-order valence-corrected chi connectivity index (χ1v) is 9.30. The molecule has 2 atom stereocenters. The van der Waals surface area contributed by atoms with Gasteiger partial charge in [-0.3, -0.25) is 4.79 Å². The number of rotatable bonds is 2. The second-order valence-corrected chi connectivity index (χ2v) is 7.76. The van der Waals surface area contributed by atoms with Crippen molar-refractivity contribution in [1.29, 1.82) is 0 Å². The van der Waals surface area contributed by atoms with Crippen molar-refractivity contribution in [2.24, 2.45) is 23.5 Å². The lowest BCUT2D eigenvalue weighted by Gasteiger charge is -2.45. The van der Waals surface area contributed by atoms with Crippen LogP contribution >= 0.6 is 12.4 Å². The van der Waals surface area contributed by atoms with Gasteiger partial charge in [-0.2, -0.15) is 0 Å². The molecule has 3 fully saturated rings. The van der Waals surface area contributed by atoms with Crippen molar-refractivity contribution in [2.45, 2.75) is 89.1 Å². The van der Waals surface area contributed by atoms with E-state index in [1.807, 2.05) is 0 Å². The third-order valence-corrected chi connectivity index (χ3v) is 6.16. The van der Waals surface area contributed by atoms with Gasteiger partial charge in [0.15, 0.2) is 0 Å². The quantitative estimate of drug-likeness (QED) is 0.810. The standard InChI is InChI=1S/C18H32N2O.ClH/c19-16-11-14-9-6-10-15(12-16)17(14)20-18(21)13-7-4-2-1-3-5-8-13;/h13-17H,1-12,19H2,(H,20,21);1H. The maximum absolute atomic E-state index is 12.7. The van der Waals surface area contributed by atoms with Gasteiger partial charge in [0.1, 0.15) is 0 Å². The molecule has 1 amide bonds. The SMILES string of the molecule is Cl.NC1CC2CCCC(C1)C2NC(=O)C1CCCCCCC1. The zero-order chi connectivity index (χ0) is 14.7. The Balaban J connectivity index is 0.00000176. The van der Waals surface area contributed by atoms with Crippen LogP contribution in [-0.2, 0) is 4.79 Å². The van der Waals surface area contributed by atoms with Gasteiger partial charge in [0.2, 0.25) is 5.91 Å². The fourth-order valence-electron chi connectivity index (χ4n) is 5.03. The van der Waals surface area contributed by atoms with Gasteiger partial charge in [-0.25, -0.2) is 0 Å². The van der Waals surface area contributed by atoms with Crippen molar-refractivity contribution in [2.75, 3.05) is 0 Å². The predicted molar refractivity (Wildman–Crippen MR) is 93.0 cm³/mol. The van der Waals surface area contributed by atoms with E-state index in [0.717, 1.165) is 25.7 Å². The van der Waals surface area contributed by atoms with E-state index in [4.69, 9.17) is 5.73 Å². The molecule has 0 spiro atoms. The van der Waals surface area contributed by atoms with Crippen molar-refractivity contribution < 1.29 is 4.79 Å². The summed E-state index contributed by atoms with van der Waals surface area (Å²) in [4.78, 5) is 12.7. The van der Waals surface area contributed by atoms with Crippen LogP contribution in [0.25, 0.3) is 0 Å². The Morgan fingerprint density at radius 2 is 1.36 bits per heavy atom. The molecule has 3 rings (SSSR count). The fraction of sp³-hybridized carbons (Fsp3) is 0.944. The summed E-state index contributed by atoms with van der Waals surface area (Å²) in [5.74, 6) is 1.92. The predicted octanol–water partition coefficient (Wildman–Crippen LogP) is 3.79. The van der Waals surface area contributed by atoms with Crippen molar-refractivity contribution in [3.8, 4) is 0 Å². The molecule has 128 valence electrons. The number of halogens is 1. The number of hydrogen-bond donors (Lipinski definition) is 2. The number of hydrogen-bond acceptors (Lipinski definition) is 2. The summed E-state index contributed by atoms with van der Waals surface area (Å²) >= 11 is 0. The fourth-order valence-corrected chi connectivity index (χ4v) is 5.03. The minimum Gasteiger partial charge on any atom is -0.353 e. The van der Waals surface area contributed by atoms with Crippen LogP contribution in [0.5, 0.6) is 0 Å². The van der Waals surface area contributed by atoms with Crippen LogP contribution in [0.2, 0.25) is 0 Å². The first-order valence-electron chi connectivity index (χ1n) is 9.30. The van der Waals surface area contributed by atoms with Crippen LogP contribution < -0.4 is 11.1 Å². The molecule has 0 aromatic carbocycles. The normalized spacial score (nSPS) is 36.6. The Labute approximate surface area is 141 Å². The molecular weight excluding hydrogens is 296 g/mol. The zero-order valence-electron chi connectivity index (χ0n) is 13.8. The number of carbonyl (C=O) groups is 1. The van der Waals surface area contributed by atoms with Gasteiger partial charge in [-0.15, -0.1) is 12.4 Å². The van der Waals surface area contributed by atoms with Crippen LogP contribution in [0.15, 0.2) is 0 Å². The maximum Gasteiger partial charge on any atom is 0.223 e. The van der Waals surface area contributed by atoms with Crippen LogP contribution in [0.1, 0.15) is 77.0 Å². The Bertz CT molecular complexity index is 341. The molecule has 22 heavy (non-hydrogen) atoms. The first-order chi connectivity index (χ1) is 10.2. The van der Waals surface area contributed by atoms with E-state index in [9.17, 15) is 4.79 Å². The lowest BCUT2D eigenvalue weighted by molar-refractivity contribution is -0.128. The molecule has 4 heteroatoms. The van der Waals surface area contributed by atoms with Crippen molar-refractivity contribution in [1.82, 2.24) is 5.32 Å². The Kier molecular flexibility index (Phi) is 7.01. The molecular formula is C18H33ClN2O. The largest absolute Gasteiger partial charge is 0.353 e. The van der Waals surface area contributed by atoms with Crippen LogP contribution in [0.3, 0.4) is 0 Å². The van der Waals surface area contributed by atoms with Gasteiger partial charge in [0, 0.05) is 18.0 Å². The minimum absolute atomic E-state index is 0. The van der Waals surface area contributed by atoms with Gasteiger partial charge in [0.05, 0.1) is 0 Å². The molecule has 2 bridgehead atoms. The Morgan fingerprint density at radius 3 is 1.95 bits per heavy atom. The molecule has 3 nitrogen and oxygen atoms in total. The van der Waals surface area contributed by atoms with E-state index >= 15 is 0 Å². The highest BCUT2D eigenvalue weighted by Crippen LogP contribution is 2.40. The third-order valence-electron chi connectivity index (χ3n) is 6.16. The smallest absolute Gasteiger partial charge is 0.223 e. The van der Waals surface area contributed by atoms with Gasteiger partial charge in [-0.05, 0) is 50.4 Å². The molecule has 3 aliphatic carbocycles. The summed E-state index contributed by atoms with van der Waals surface area (Å²) < 4.78 is 0. The number of amides is 1. The van der Waals surface area contributed by atoms with Gasteiger partial charge in [0.25, 0.3) is 0 Å². The van der Waals surface area contributed by atoms with Gasteiger partial charge in [-0.1, -0.05) is 38.5 Å². The van der Waals surface area contributed by atoms with E-state index < -0.39 is 0 Å². The van der Waals surface area contributed by atoms with Crippen molar-refractivity contribution >= 4 is 18.3 Å². The zero-order valence-corrected chi connectivity index (χ0v) is 14.6. The molecule has 0 aromatic heterocycles. The molecule has 0 radical (unpaired) electrons. The lowest BCUT2D eigenvalue weighted by atomic mass is 9.67. The summed E-state index contributed by atoms with van der Waals surface area (Å²) in [6.07, 6.45) is 14.8. The highest BCUT2D eigenvalue weighted by atomic mass is 35.5. The lowest BCUT2D eigenvalue weighted by Crippen LogP contribution is -2.54. The van der Waals surface area contributed by atoms with Gasteiger partial charge >= 0.3 is 0 Å². The molecule has 3 aliphatic rings. The second-order valence-electron chi connectivity index (χ2n) is 7.76. The Morgan fingerprint density at radius 1 is 0.818 bits per heavy atom. The Hall–Kier alpha value is -0.280. The van der Waals surface area contributed by atoms with Crippen LogP contribution in [0.4, 0.5) is 0 Å². The highest BCUT2D eigenvalue weighted by Gasteiger charge is 2.40. The second kappa shape index (κ2) is 8.54. The first kappa shape index (κ1) is 18.1. The molecule has 0 heterocycles. The number of nitrogens with one attached hydrogen (secondary N) is 1.